The summed E-state index contributed by atoms with van der Waals surface area (Å²) in [6, 6.07) is 23.2. The number of carbonyl (C=O) groups excluding carboxylic acids is 1. The quantitative estimate of drug-likeness (QED) is 0.646. The molecule has 4 rings (SSSR count). The van der Waals surface area contributed by atoms with Crippen LogP contribution in [-0.2, 0) is 9.47 Å². The third-order valence-corrected chi connectivity index (χ3v) is 5.32. The van der Waals surface area contributed by atoms with Gasteiger partial charge in [-0.25, -0.2) is 4.79 Å². The van der Waals surface area contributed by atoms with Crippen molar-refractivity contribution in [1.82, 2.24) is 5.32 Å². The van der Waals surface area contributed by atoms with Gasteiger partial charge in [0.05, 0.1) is 12.6 Å². The Hall–Kier alpha value is -3.31. The summed E-state index contributed by atoms with van der Waals surface area (Å²) in [5, 5.41) is 12.2. The van der Waals surface area contributed by atoms with Crippen LogP contribution in [0.25, 0.3) is 11.1 Å². The Kier molecular flexibility index (Phi) is 5.49. The van der Waals surface area contributed by atoms with E-state index in [1.165, 1.54) is 22.3 Å². The molecular weight excluding hydrogens is 366 g/mol. The maximum Gasteiger partial charge on any atom is 0.407 e. The van der Waals surface area contributed by atoms with E-state index in [0.717, 1.165) is 5.56 Å². The highest BCUT2D eigenvalue weighted by Crippen LogP contribution is 2.44. The summed E-state index contributed by atoms with van der Waals surface area (Å²) in [6.07, 6.45) is -0.802. The number of phenols is 1. The van der Waals surface area contributed by atoms with E-state index in [2.05, 4.69) is 29.6 Å². The van der Waals surface area contributed by atoms with E-state index in [1.807, 2.05) is 24.3 Å². The third kappa shape index (κ3) is 3.96. The predicted octanol–water partition coefficient (Wildman–Crippen LogP) is 4.62. The number of alkyl carbamates (subject to hydrolysis) is 1. The first-order chi connectivity index (χ1) is 14.2. The number of hydrogen-bond donors (Lipinski definition) is 2. The molecule has 29 heavy (non-hydrogen) atoms. The largest absolute Gasteiger partial charge is 0.508 e. The van der Waals surface area contributed by atoms with E-state index in [9.17, 15) is 9.90 Å². The second-order valence-electron chi connectivity index (χ2n) is 7.02. The Bertz CT molecular complexity index is 954. The zero-order valence-corrected chi connectivity index (χ0v) is 16.2. The van der Waals surface area contributed by atoms with Crippen LogP contribution in [0.2, 0.25) is 0 Å². The highest BCUT2D eigenvalue weighted by atomic mass is 16.5. The van der Waals surface area contributed by atoms with Gasteiger partial charge < -0.3 is 19.9 Å². The number of nitrogens with one attached hydrogen (secondary N) is 1. The normalized spacial score (nSPS) is 13.4. The lowest BCUT2D eigenvalue weighted by atomic mass is 9.98. The Balaban J connectivity index is 1.38. The van der Waals surface area contributed by atoms with Crippen molar-refractivity contribution in [1.29, 1.82) is 0 Å². The second-order valence-corrected chi connectivity index (χ2v) is 7.02. The molecule has 0 bridgehead atoms. The first-order valence-corrected chi connectivity index (χ1v) is 9.58. The van der Waals surface area contributed by atoms with E-state index in [-0.39, 0.29) is 30.9 Å². The van der Waals surface area contributed by atoms with Gasteiger partial charge >= 0.3 is 6.09 Å². The number of hydrogen-bond acceptors (Lipinski definition) is 4. The Morgan fingerprint density at radius 3 is 2.14 bits per heavy atom. The van der Waals surface area contributed by atoms with Gasteiger partial charge in [0.15, 0.2) is 0 Å². The van der Waals surface area contributed by atoms with Gasteiger partial charge in [-0.15, -0.1) is 0 Å². The van der Waals surface area contributed by atoms with Crippen molar-refractivity contribution >= 4 is 6.09 Å². The summed E-state index contributed by atoms with van der Waals surface area (Å²) in [7, 11) is 1.58. The molecule has 148 valence electrons. The number of benzene rings is 3. The smallest absolute Gasteiger partial charge is 0.407 e. The number of aromatic hydroxyl groups is 1. The molecule has 0 saturated heterocycles. The number of ether oxygens (including phenoxy) is 2. The molecule has 1 amide bonds. The summed E-state index contributed by atoms with van der Waals surface area (Å²) in [5.41, 5.74) is 5.62. The minimum absolute atomic E-state index is 0.0310. The number of phenolic OH excluding ortho intramolecular Hbond substituents is 1. The lowest BCUT2D eigenvalue weighted by Crippen LogP contribution is -2.30. The van der Waals surface area contributed by atoms with Gasteiger partial charge in [0.25, 0.3) is 0 Å². The highest BCUT2D eigenvalue weighted by molar-refractivity contribution is 5.79. The maximum absolute atomic E-state index is 12.3. The molecule has 5 nitrogen and oxygen atoms in total. The van der Waals surface area contributed by atoms with Gasteiger partial charge in [-0.2, -0.15) is 0 Å². The zero-order chi connectivity index (χ0) is 20.2. The molecule has 0 heterocycles. The summed E-state index contributed by atoms with van der Waals surface area (Å²) >= 11 is 0. The summed E-state index contributed by atoms with van der Waals surface area (Å²) < 4.78 is 11.0. The van der Waals surface area contributed by atoms with E-state index in [1.54, 1.807) is 31.4 Å². The second kappa shape index (κ2) is 8.37. The average Bonchev–Trinajstić information content (AvgIpc) is 3.08. The fourth-order valence-corrected chi connectivity index (χ4v) is 3.85. The monoisotopic (exact) mass is 389 g/mol. The first-order valence-electron chi connectivity index (χ1n) is 9.58. The van der Waals surface area contributed by atoms with E-state index in [0.29, 0.717) is 0 Å². The molecule has 0 aliphatic heterocycles. The first kappa shape index (κ1) is 19.0. The molecule has 1 unspecified atom stereocenters. The Labute approximate surface area is 169 Å². The van der Waals surface area contributed by atoms with Crippen molar-refractivity contribution in [2.75, 3.05) is 20.3 Å². The fourth-order valence-electron chi connectivity index (χ4n) is 3.85. The Morgan fingerprint density at radius 2 is 1.55 bits per heavy atom. The predicted molar refractivity (Wildman–Crippen MR) is 111 cm³/mol. The molecule has 0 saturated carbocycles. The van der Waals surface area contributed by atoms with Crippen LogP contribution in [-0.4, -0.2) is 31.5 Å². The molecule has 0 aromatic heterocycles. The van der Waals surface area contributed by atoms with Crippen LogP contribution in [0, 0.1) is 0 Å². The topological polar surface area (TPSA) is 67.8 Å². The molecular formula is C24H23NO4. The maximum atomic E-state index is 12.3. The SMILES string of the molecule is COC(CNC(=O)OCC1c2ccccc2-c2ccccc21)c1ccc(O)cc1. The van der Waals surface area contributed by atoms with Gasteiger partial charge in [-0.1, -0.05) is 60.7 Å². The molecule has 3 aromatic rings. The van der Waals surface area contributed by atoms with Crippen molar-refractivity contribution in [3.05, 3.63) is 89.5 Å². The van der Waals surface area contributed by atoms with E-state index < -0.39 is 6.09 Å². The number of carbonyl (C=O) groups is 1. The van der Waals surface area contributed by atoms with Crippen LogP contribution < -0.4 is 5.32 Å². The van der Waals surface area contributed by atoms with E-state index in [4.69, 9.17) is 9.47 Å². The van der Waals surface area contributed by atoms with Crippen molar-refractivity contribution in [3.8, 4) is 16.9 Å². The van der Waals surface area contributed by atoms with Crippen molar-refractivity contribution in [2.45, 2.75) is 12.0 Å². The lowest BCUT2D eigenvalue weighted by Gasteiger charge is -2.18. The van der Waals surface area contributed by atoms with E-state index >= 15 is 0 Å². The molecule has 1 aliphatic rings. The van der Waals surface area contributed by atoms with Crippen molar-refractivity contribution < 1.29 is 19.4 Å². The van der Waals surface area contributed by atoms with Gasteiger partial charge in [0.2, 0.25) is 0 Å². The fraction of sp³-hybridized carbons (Fsp3) is 0.208. The standard InChI is InChI=1S/C24H23NO4/c1-28-23(16-10-12-17(26)13-11-16)14-25-24(27)29-15-22-20-8-4-2-6-18(20)19-7-3-5-9-21(19)22/h2-13,22-23,26H,14-15H2,1H3,(H,25,27). The zero-order valence-electron chi connectivity index (χ0n) is 16.2. The lowest BCUT2D eigenvalue weighted by molar-refractivity contribution is 0.0940. The molecule has 0 spiro atoms. The average molecular weight is 389 g/mol. The number of amides is 1. The third-order valence-electron chi connectivity index (χ3n) is 5.32. The van der Waals surface area contributed by atoms with Crippen LogP contribution in [0.15, 0.2) is 72.8 Å². The molecule has 0 radical (unpaired) electrons. The minimum atomic E-state index is -0.479. The van der Waals surface area contributed by atoms with Crippen molar-refractivity contribution in [2.24, 2.45) is 0 Å². The summed E-state index contributed by atoms with van der Waals surface area (Å²) in [5.74, 6) is 0.219. The van der Waals surface area contributed by atoms with Gasteiger partial charge in [0.1, 0.15) is 12.4 Å². The molecule has 1 atom stereocenters. The van der Waals surface area contributed by atoms with Gasteiger partial charge in [-0.05, 0) is 39.9 Å². The molecule has 2 N–H and O–H groups in total. The molecule has 1 aliphatic carbocycles. The van der Waals surface area contributed by atoms with Crippen LogP contribution in [0.3, 0.4) is 0 Å². The van der Waals surface area contributed by atoms with Gasteiger partial charge in [0, 0.05) is 13.0 Å². The van der Waals surface area contributed by atoms with Crippen LogP contribution in [0.1, 0.15) is 28.7 Å². The molecule has 3 aromatic carbocycles. The van der Waals surface area contributed by atoms with Gasteiger partial charge in [-0.3, -0.25) is 0 Å². The number of fused-ring (bicyclic) bond motifs is 3. The number of methoxy groups -OCH3 is 1. The van der Waals surface area contributed by atoms with Crippen LogP contribution >= 0.6 is 0 Å². The summed E-state index contributed by atoms with van der Waals surface area (Å²) in [6.45, 7) is 0.550. The van der Waals surface area contributed by atoms with Crippen molar-refractivity contribution in [3.63, 3.8) is 0 Å². The Morgan fingerprint density at radius 1 is 0.966 bits per heavy atom. The minimum Gasteiger partial charge on any atom is -0.508 e. The summed E-state index contributed by atoms with van der Waals surface area (Å²) in [4.78, 5) is 12.3. The van der Waals surface area contributed by atoms with Crippen LogP contribution in [0.5, 0.6) is 5.75 Å². The molecule has 0 fully saturated rings. The number of rotatable bonds is 6. The molecule has 5 heteroatoms. The van der Waals surface area contributed by atoms with Crippen LogP contribution in [0.4, 0.5) is 4.79 Å². The highest BCUT2D eigenvalue weighted by Gasteiger charge is 2.29.